The van der Waals surface area contributed by atoms with Gasteiger partial charge in [-0.3, -0.25) is 19.3 Å². The number of amides is 5. The summed E-state index contributed by atoms with van der Waals surface area (Å²) in [7, 11) is 1.53. The molecule has 3 N–H and O–H groups in total. The van der Waals surface area contributed by atoms with Crippen LogP contribution in [-0.2, 0) is 20.8 Å². The molecule has 1 atom stereocenters. The van der Waals surface area contributed by atoms with Gasteiger partial charge >= 0.3 is 6.03 Å². The molecule has 1 saturated heterocycles. The molecule has 0 saturated carbocycles. The molecule has 0 radical (unpaired) electrons. The number of hydrogen-bond donors (Lipinski definition) is 3. The van der Waals surface area contributed by atoms with Crippen molar-refractivity contribution in [3.63, 3.8) is 0 Å². The standard InChI is InChI=1S/C23H25ClN4O5/c1-14(29)26-18-4-6-19(7-5-18)27-23(32)28-13-21(30)25-10-9-15(22(28)31)11-16-12-17(24)3-8-20(16)33-2/h3-8,12,15H,9-11,13H2,1-2H3,(H,25,30)(H,26,29)(H,27,32). The van der Waals surface area contributed by atoms with E-state index < -0.39 is 30.3 Å². The largest absolute Gasteiger partial charge is 0.496 e. The molecule has 0 aromatic heterocycles. The van der Waals surface area contributed by atoms with E-state index in [1.807, 2.05) is 0 Å². The lowest BCUT2D eigenvalue weighted by molar-refractivity contribution is -0.137. The monoisotopic (exact) mass is 472 g/mol. The minimum absolute atomic E-state index is 0.216. The van der Waals surface area contributed by atoms with E-state index in [-0.39, 0.29) is 5.91 Å². The third-order valence-electron chi connectivity index (χ3n) is 5.14. The lowest BCUT2D eigenvalue weighted by atomic mass is 9.93. The molecule has 5 amide bonds. The van der Waals surface area contributed by atoms with Crippen molar-refractivity contribution in [2.24, 2.45) is 5.92 Å². The molecule has 9 nitrogen and oxygen atoms in total. The van der Waals surface area contributed by atoms with Gasteiger partial charge in [0.15, 0.2) is 0 Å². The van der Waals surface area contributed by atoms with Gasteiger partial charge in [0, 0.05) is 35.8 Å². The number of ether oxygens (including phenoxy) is 1. The van der Waals surface area contributed by atoms with E-state index in [9.17, 15) is 19.2 Å². The zero-order chi connectivity index (χ0) is 24.0. The Balaban J connectivity index is 1.78. The molecule has 174 valence electrons. The van der Waals surface area contributed by atoms with Crippen LogP contribution in [-0.4, -0.2) is 48.9 Å². The fourth-order valence-corrected chi connectivity index (χ4v) is 3.77. The second-order valence-electron chi connectivity index (χ2n) is 7.61. The Hall–Kier alpha value is -3.59. The summed E-state index contributed by atoms with van der Waals surface area (Å²) in [4.78, 5) is 50.4. The molecule has 2 aromatic rings. The number of imide groups is 1. The molecule has 0 aliphatic carbocycles. The van der Waals surface area contributed by atoms with Gasteiger partial charge in [0.1, 0.15) is 12.3 Å². The van der Waals surface area contributed by atoms with Crippen molar-refractivity contribution in [3.05, 3.63) is 53.1 Å². The molecular formula is C23H25ClN4O5. The minimum Gasteiger partial charge on any atom is -0.496 e. The van der Waals surface area contributed by atoms with Gasteiger partial charge in [0.25, 0.3) is 0 Å². The van der Waals surface area contributed by atoms with E-state index in [0.29, 0.717) is 41.5 Å². The smallest absolute Gasteiger partial charge is 0.329 e. The average molecular weight is 473 g/mol. The maximum atomic E-state index is 13.3. The highest BCUT2D eigenvalue weighted by Crippen LogP contribution is 2.27. The fourth-order valence-electron chi connectivity index (χ4n) is 3.57. The lowest BCUT2D eigenvalue weighted by Gasteiger charge is -2.28. The molecule has 2 aromatic carbocycles. The predicted octanol–water partition coefficient (Wildman–Crippen LogP) is 3.05. The Kier molecular flexibility index (Phi) is 7.89. The van der Waals surface area contributed by atoms with Crippen molar-refractivity contribution in [1.29, 1.82) is 0 Å². The molecule has 1 fully saturated rings. The van der Waals surface area contributed by atoms with Crippen LogP contribution in [0, 0.1) is 5.92 Å². The Labute approximate surface area is 196 Å². The van der Waals surface area contributed by atoms with E-state index in [0.717, 1.165) is 10.5 Å². The van der Waals surface area contributed by atoms with E-state index in [2.05, 4.69) is 16.0 Å². The van der Waals surface area contributed by atoms with Crippen LogP contribution in [0.5, 0.6) is 5.75 Å². The van der Waals surface area contributed by atoms with Gasteiger partial charge in [-0.2, -0.15) is 0 Å². The second-order valence-corrected chi connectivity index (χ2v) is 8.05. The van der Waals surface area contributed by atoms with Gasteiger partial charge in [0.2, 0.25) is 17.7 Å². The Morgan fingerprint density at radius 1 is 1.12 bits per heavy atom. The third-order valence-corrected chi connectivity index (χ3v) is 5.38. The van der Waals surface area contributed by atoms with Gasteiger partial charge in [0.05, 0.1) is 7.11 Å². The SMILES string of the molecule is COc1ccc(Cl)cc1CC1CCNC(=O)CN(C(=O)Nc2ccc(NC(C)=O)cc2)C1=O. The number of halogens is 1. The molecule has 1 aliphatic rings. The van der Waals surface area contributed by atoms with Crippen LogP contribution < -0.4 is 20.7 Å². The molecule has 10 heteroatoms. The summed E-state index contributed by atoms with van der Waals surface area (Å²) in [5.74, 6) is -1.07. The number of anilines is 2. The number of urea groups is 1. The first kappa shape index (κ1) is 24.1. The van der Waals surface area contributed by atoms with Crippen LogP contribution in [0.3, 0.4) is 0 Å². The zero-order valence-electron chi connectivity index (χ0n) is 18.3. The molecule has 3 rings (SSSR count). The van der Waals surface area contributed by atoms with Crippen LogP contribution in [0.15, 0.2) is 42.5 Å². The summed E-state index contributed by atoms with van der Waals surface area (Å²) in [5, 5.41) is 8.50. The number of nitrogens with zero attached hydrogens (tertiary/aromatic N) is 1. The highest BCUT2D eigenvalue weighted by atomic mass is 35.5. The van der Waals surface area contributed by atoms with Crippen LogP contribution in [0.25, 0.3) is 0 Å². The number of rotatable bonds is 5. The highest BCUT2D eigenvalue weighted by Gasteiger charge is 2.33. The topological polar surface area (TPSA) is 117 Å². The van der Waals surface area contributed by atoms with Crippen molar-refractivity contribution in [1.82, 2.24) is 10.2 Å². The maximum Gasteiger partial charge on any atom is 0.329 e. The number of carbonyl (C=O) groups is 4. The predicted molar refractivity (Wildman–Crippen MR) is 124 cm³/mol. The van der Waals surface area contributed by atoms with Crippen LogP contribution in [0.4, 0.5) is 16.2 Å². The quantitative estimate of drug-likeness (QED) is 0.618. The van der Waals surface area contributed by atoms with Crippen LogP contribution in [0.1, 0.15) is 18.9 Å². The van der Waals surface area contributed by atoms with Crippen molar-refractivity contribution in [3.8, 4) is 5.75 Å². The van der Waals surface area contributed by atoms with Gasteiger partial charge in [-0.05, 0) is 60.9 Å². The first-order valence-electron chi connectivity index (χ1n) is 10.4. The molecule has 0 bridgehead atoms. The molecule has 0 spiro atoms. The van der Waals surface area contributed by atoms with E-state index in [4.69, 9.17) is 16.3 Å². The summed E-state index contributed by atoms with van der Waals surface area (Å²) in [5.41, 5.74) is 1.72. The first-order chi connectivity index (χ1) is 15.8. The number of methoxy groups -OCH3 is 1. The van der Waals surface area contributed by atoms with Gasteiger partial charge in [-0.15, -0.1) is 0 Å². The van der Waals surface area contributed by atoms with Gasteiger partial charge in [-0.1, -0.05) is 11.6 Å². The summed E-state index contributed by atoms with van der Waals surface area (Å²) in [6.07, 6.45) is 0.656. The molecule has 1 aliphatic heterocycles. The van der Waals surface area contributed by atoms with E-state index in [1.54, 1.807) is 42.5 Å². The van der Waals surface area contributed by atoms with Gasteiger partial charge < -0.3 is 20.7 Å². The summed E-state index contributed by atoms with van der Waals surface area (Å²) < 4.78 is 5.38. The van der Waals surface area contributed by atoms with Crippen molar-refractivity contribution < 1.29 is 23.9 Å². The lowest BCUT2D eigenvalue weighted by Crippen LogP contribution is -2.51. The Morgan fingerprint density at radius 2 is 1.79 bits per heavy atom. The number of carbonyl (C=O) groups excluding carboxylic acids is 4. The van der Waals surface area contributed by atoms with Crippen molar-refractivity contribution in [2.75, 3.05) is 30.8 Å². The number of nitrogens with one attached hydrogen (secondary N) is 3. The summed E-state index contributed by atoms with van der Waals surface area (Å²) in [6, 6.07) is 10.8. The third kappa shape index (κ3) is 6.45. The zero-order valence-corrected chi connectivity index (χ0v) is 19.1. The van der Waals surface area contributed by atoms with E-state index in [1.165, 1.54) is 14.0 Å². The second kappa shape index (κ2) is 10.8. The van der Waals surface area contributed by atoms with Gasteiger partial charge in [-0.25, -0.2) is 4.79 Å². The Morgan fingerprint density at radius 3 is 2.42 bits per heavy atom. The normalized spacial score (nSPS) is 16.3. The van der Waals surface area contributed by atoms with Crippen molar-refractivity contribution in [2.45, 2.75) is 19.8 Å². The number of hydrogen-bond acceptors (Lipinski definition) is 5. The fraction of sp³-hybridized carbons (Fsp3) is 0.304. The van der Waals surface area contributed by atoms with Crippen LogP contribution >= 0.6 is 11.6 Å². The van der Waals surface area contributed by atoms with E-state index >= 15 is 0 Å². The first-order valence-corrected chi connectivity index (χ1v) is 10.7. The summed E-state index contributed by atoms with van der Waals surface area (Å²) in [6.45, 7) is 1.32. The number of benzene rings is 2. The van der Waals surface area contributed by atoms with Crippen LogP contribution in [0.2, 0.25) is 5.02 Å². The van der Waals surface area contributed by atoms with Crippen molar-refractivity contribution >= 4 is 46.7 Å². The minimum atomic E-state index is -0.715. The molecule has 1 heterocycles. The summed E-state index contributed by atoms with van der Waals surface area (Å²) >= 11 is 6.12. The average Bonchev–Trinajstić information content (AvgIpc) is 2.76. The Bertz CT molecular complexity index is 1060. The molecular weight excluding hydrogens is 448 g/mol. The maximum absolute atomic E-state index is 13.3. The molecule has 1 unspecified atom stereocenters. The molecule has 33 heavy (non-hydrogen) atoms. The highest BCUT2D eigenvalue weighted by molar-refractivity contribution is 6.30.